The molecule has 0 aromatic carbocycles. The van der Waals surface area contributed by atoms with Gasteiger partial charge in [-0.2, -0.15) is 5.10 Å². The van der Waals surface area contributed by atoms with Crippen LogP contribution in [0.3, 0.4) is 0 Å². The summed E-state index contributed by atoms with van der Waals surface area (Å²) in [5.41, 5.74) is 2.33. The maximum absolute atomic E-state index is 12.0. The van der Waals surface area contributed by atoms with Gasteiger partial charge in [-0.25, -0.2) is 29.0 Å². The fourth-order valence-corrected chi connectivity index (χ4v) is 2.54. The molecule has 0 bridgehead atoms. The van der Waals surface area contributed by atoms with E-state index in [4.69, 9.17) is 5.84 Å². The van der Waals surface area contributed by atoms with Crippen LogP contribution >= 0.6 is 0 Å². The second kappa shape index (κ2) is 6.41. The predicted octanol–water partition coefficient (Wildman–Crippen LogP) is -0.604. The normalized spacial score (nSPS) is 11.4. The van der Waals surface area contributed by atoms with Crippen LogP contribution in [0.2, 0.25) is 0 Å². The highest BCUT2D eigenvalue weighted by Gasteiger charge is 2.13. The molecule has 5 N–H and O–H groups in total. The number of sulfonamides is 1. The van der Waals surface area contributed by atoms with Crippen molar-refractivity contribution in [2.45, 2.75) is 17.7 Å². The molecule has 0 amide bonds. The van der Waals surface area contributed by atoms with E-state index in [1.165, 1.54) is 24.7 Å². The van der Waals surface area contributed by atoms with Crippen LogP contribution < -0.4 is 16.0 Å². The van der Waals surface area contributed by atoms with Gasteiger partial charge in [0, 0.05) is 19.2 Å². The highest BCUT2D eigenvalue weighted by atomic mass is 32.2. The van der Waals surface area contributed by atoms with E-state index < -0.39 is 10.0 Å². The molecule has 0 aliphatic heterocycles. The molecule has 2 aromatic rings. The summed E-state index contributed by atoms with van der Waals surface area (Å²) in [7, 11) is -3.55. The van der Waals surface area contributed by atoms with Crippen LogP contribution in [0.4, 0.5) is 5.82 Å². The van der Waals surface area contributed by atoms with Gasteiger partial charge in [0.1, 0.15) is 22.9 Å². The van der Waals surface area contributed by atoms with Gasteiger partial charge in [0.15, 0.2) is 0 Å². The molecule has 0 radical (unpaired) electrons. The van der Waals surface area contributed by atoms with E-state index in [0.717, 1.165) is 5.82 Å². The third-order valence-electron chi connectivity index (χ3n) is 2.54. The molecule has 20 heavy (non-hydrogen) atoms. The van der Waals surface area contributed by atoms with E-state index in [1.54, 1.807) is 0 Å². The van der Waals surface area contributed by atoms with E-state index in [9.17, 15) is 8.42 Å². The monoisotopic (exact) mass is 297 g/mol. The van der Waals surface area contributed by atoms with Crippen molar-refractivity contribution in [1.29, 1.82) is 0 Å². The number of rotatable bonds is 7. The Hall–Kier alpha value is -2.04. The van der Waals surface area contributed by atoms with Crippen molar-refractivity contribution in [3.63, 3.8) is 0 Å². The standard InChI is InChI=1S/C10H15N7O2S/c11-16-9-4-3-8(6-12-9)20(18,19)15-5-1-2-10-13-7-14-17-10/h3-4,6-7,15H,1-2,5,11H2,(H,12,16)(H,13,14,17). The highest BCUT2D eigenvalue weighted by molar-refractivity contribution is 7.89. The first kappa shape index (κ1) is 14.4. The highest BCUT2D eigenvalue weighted by Crippen LogP contribution is 2.09. The first-order valence-corrected chi connectivity index (χ1v) is 7.37. The molecule has 2 heterocycles. The lowest BCUT2D eigenvalue weighted by molar-refractivity contribution is 0.578. The zero-order valence-corrected chi connectivity index (χ0v) is 11.4. The molecule has 2 aromatic heterocycles. The van der Waals surface area contributed by atoms with Gasteiger partial charge in [-0.15, -0.1) is 0 Å². The minimum Gasteiger partial charge on any atom is -0.308 e. The van der Waals surface area contributed by atoms with Crippen molar-refractivity contribution in [2.75, 3.05) is 12.0 Å². The topological polar surface area (TPSA) is 139 Å². The van der Waals surface area contributed by atoms with Gasteiger partial charge in [0.25, 0.3) is 0 Å². The van der Waals surface area contributed by atoms with Gasteiger partial charge in [-0.3, -0.25) is 5.10 Å². The van der Waals surface area contributed by atoms with Crippen LogP contribution in [-0.2, 0) is 16.4 Å². The zero-order chi connectivity index (χ0) is 14.4. The van der Waals surface area contributed by atoms with E-state index in [0.29, 0.717) is 25.2 Å². The molecular formula is C10H15N7O2S. The second-order valence-corrected chi connectivity index (χ2v) is 5.72. The Balaban J connectivity index is 1.86. The third-order valence-corrected chi connectivity index (χ3v) is 3.99. The molecule has 0 spiro atoms. The van der Waals surface area contributed by atoms with Crippen LogP contribution in [0, 0.1) is 0 Å². The van der Waals surface area contributed by atoms with Crippen molar-refractivity contribution in [3.8, 4) is 0 Å². The largest absolute Gasteiger partial charge is 0.308 e. The average molecular weight is 297 g/mol. The van der Waals surface area contributed by atoms with Crippen molar-refractivity contribution < 1.29 is 8.42 Å². The van der Waals surface area contributed by atoms with E-state index in [2.05, 4.69) is 30.3 Å². The first-order valence-electron chi connectivity index (χ1n) is 5.88. The molecule has 2 rings (SSSR count). The number of hydrogen-bond donors (Lipinski definition) is 4. The minimum absolute atomic E-state index is 0.0937. The summed E-state index contributed by atoms with van der Waals surface area (Å²) >= 11 is 0. The van der Waals surface area contributed by atoms with Crippen LogP contribution in [0.1, 0.15) is 12.2 Å². The number of H-pyrrole nitrogens is 1. The molecule has 0 saturated heterocycles. The summed E-state index contributed by atoms with van der Waals surface area (Å²) in [6, 6.07) is 2.92. The van der Waals surface area contributed by atoms with E-state index >= 15 is 0 Å². The maximum atomic E-state index is 12.0. The molecule has 0 fully saturated rings. The van der Waals surface area contributed by atoms with Gasteiger partial charge in [-0.05, 0) is 18.6 Å². The maximum Gasteiger partial charge on any atom is 0.242 e. The number of nitrogen functional groups attached to an aromatic ring is 1. The molecule has 0 aliphatic rings. The number of nitrogens with two attached hydrogens (primary N) is 1. The molecule has 0 unspecified atom stereocenters. The number of pyridine rings is 1. The van der Waals surface area contributed by atoms with E-state index in [-0.39, 0.29) is 4.90 Å². The fraction of sp³-hybridized carbons (Fsp3) is 0.300. The molecule has 10 heteroatoms. The summed E-state index contributed by atoms with van der Waals surface area (Å²) in [5, 5.41) is 6.43. The van der Waals surface area contributed by atoms with Gasteiger partial charge in [0.05, 0.1) is 0 Å². The van der Waals surface area contributed by atoms with Crippen molar-refractivity contribution in [3.05, 3.63) is 30.5 Å². The van der Waals surface area contributed by atoms with Crippen molar-refractivity contribution >= 4 is 15.8 Å². The lowest BCUT2D eigenvalue weighted by Crippen LogP contribution is -2.25. The lowest BCUT2D eigenvalue weighted by Gasteiger charge is -2.06. The number of aromatic nitrogens is 4. The summed E-state index contributed by atoms with van der Waals surface area (Å²) in [4.78, 5) is 7.90. The predicted molar refractivity (Wildman–Crippen MR) is 71.9 cm³/mol. The second-order valence-electron chi connectivity index (χ2n) is 3.96. The quantitative estimate of drug-likeness (QED) is 0.304. The van der Waals surface area contributed by atoms with Crippen molar-refractivity contribution in [2.24, 2.45) is 5.84 Å². The Bertz CT molecular complexity index is 624. The van der Waals surface area contributed by atoms with Gasteiger partial charge in [0.2, 0.25) is 10.0 Å². The molecule has 0 saturated carbocycles. The Labute approximate surface area is 116 Å². The van der Waals surface area contributed by atoms with Crippen LogP contribution in [-0.4, -0.2) is 35.1 Å². The first-order chi connectivity index (χ1) is 9.62. The Kier molecular flexibility index (Phi) is 4.61. The Morgan fingerprint density at radius 3 is 2.75 bits per heavy atom. The van der Waals surface area contributed by atoms with Gasteiger partial charge in [-0.1, -0.05) is 0 Å². The van der Waals surface area contributed by atoms with Crippen LogP contribution in [0.25, 0.3) is 0 Å². The Morgan fingerprint density at radius 1 is 1.30 bits per heavy atom. The molecule has 0 atom stereocenters. The number of aryl methyl sites for hydroxylation is 1. The number of nitrogens with zero attached hydrogens (tertiary/aromatic N) is 3. The van der Waals surface area contributed by atoms with Crippen LogP contribution in [0.5, 0.6) is 0 Å². The number of hydrogen-bond acceptors (Lipinski definition) is 7. The molecule has 108 valence electrons. The van der Waals surface area contributed by atoms with Crippen LogP contribution in [0.15, 0.2) is 29.6 Å². The van der Waals surface area contributed by atoms with E-state index in [1.807, 2.05) is 0 Å². The number of nitrogens with one attached hydrogen (secondary N) is 3. The summed E-state index contributed by atoms with van der Waals surface area (Å²) in [6.07, 6.45) is 3.90. The molecule has 9 nitrogen and oxygen atoms in total. The molecular weight excluding hydrogens is 282 g/mol. The van der Waals surface area contributed by atoms with Gasteiger partial charge >= 0.3 is 0 Å². The van der Waals surface area contributed by atoms with Crippen molar-refractivity contribution in [1.82, 2.24) is 24.9 Å². The Morgan fingerprint density at radius 2 is 2.15 bits per heavy atom. The molecule has 0 aliphatic carbocycles. The minimum atomic E-state index is -3.55. The third kappa shape index (κ3) is 3.73. The number of anilines is 1. The number of hydrazine groups is 1. The van der Waals surface area contributed by atoms with Gasteiger partial charge < -0.3 is 5.43 Å². The summed E-state index contributed by atoms with van der Waals surface area (Å²) in [5.74, 6) is 6.29. The average Bonchev–Trinajstić information content (AvgIpc) is 2.97. The zero-order valence-electron chi connectivity index (χ0n) is 10.6. The number of aromatic amines is 1. The summed E-state index contributed by atoms with van der Waals surface area (Å²) in [6.45, 7) is 0.305. The fourth-order valence-electron chi connectivity index (χ4n) is 1.52. The smallest absolute Gasteiger partial charge is 0.242 e. The SMILES string of the molecule is NNc1ccc(S(=O)(=O)NCCCc2ncn[nH]2)cn1. The summed E-state index contributed by atoms with van der Waals surface area (Å²) < 4.78 is 26.4. The lowest BCUT2D eigenvalue weighted by atomic mass is 10.3.